The highest BCUT2D eigenvalue weighted by molar-refractivity contribution is 7.15. The summed E-state index contributed by atoms with van der Waals surface area (Å²) in [6.45, 7) is 0. The van der Waals surface area contributed by atoms with Gasteiger partial charge in [0.05, 0.1) is 31.5 Å². The van der Waals surface area contributed by atoms with Crippen molar-refractivity contribution >= 4 is 33.5 Å². The van der Waals surface area contributed by atoms with Crippen molar-refractivity contribution in [2.75, 3.05) is 19.5 Å². The van der Waals surface area contributed by atoms with Gasteiger partial charge in [0, 0.05) is 40.2 Å². The highest BCUT2D eigenvalue weighted by Crippen LogP contribution is 2.33. The molecule has 2 aromatic heterocycles. The van der Waals surface area contributed by atoms with E-state index in [1.807, 2.05) is 47.2 Å². The van der Waals surface area contributed by atoms with E-state index in [4.69, 9.17) is 14.7 Å². The minimum Gasteiger partial charge on any atom is -0.497 e. The number of ether oxygens (including phenoxy) is 2. The van der Waals surface area contributed by atoms with E-state index in [0.717, 1.165) is 32.8 Å². The van der Waals surface area contributed by atoms with Crippen LogP contribution in [0.4, 0.5) is 10.8 Å². The lowest BCUT2D eigenvalue weighted by atomic mass is 10.1. The van der Waals surface area contributed by atoms with Crippen molar-refractivity contribution in [3.8, 4) is 39.5 Å². The third-order valence-corrected chi connectivity index (χ3v) is 5.74. The smallest absolute Gasteiger partial charge is 0.187 e. The minimum atomic E-state index is 0.617. The molecule has 6 nitrogen and oxygen atoms in total. The predicted molar refractivity (Wildman–Crippen MR) is 116 cm³/mol. The first-order chi connectivity index (χ1) is 14.2. The van der Waals surface area contributed by atoms with E-state index in [0.29, 0.717) is 17.1 Å². The molecular weight excluding hydrogens is 404 g/mol. The van der Waals surface area contributed by atoms with E-state index in [-0.39, 0.29) is 0 Å². The van der Waals surface area contributed by atoms with Gasteiger partial charge >= 0.3 is 0 Å². The van der Waals surface area contributed by atoms with Crippen molar-refractivity contribution < 1.29 is 9.47 Å². The summed E-state index contributed by atoms with van der Waals surface area (Å²) in [6.07, 6.45) is 0. The van der Waals surface area contributed by atoms with E-state index in [2.05, 4.69) is 21.4 Å². The Hall–Kier alpha value is -3.41. The molecule has 1 N–H and O–H groups in total. The third kappa shape index (κ3) is 4.21. The van der Waals surface area contributed by atoms with Crippen LogP contribution >= 0.6 is 22.7 Å². The summed E-state index contributed by atoms with van der Waals surface area (Å²) in [5, 5.41) is 17.9. The molecule has 4 rings (SSSR count). The molecule has 0 atom stereocenters. The summed E-state index contributed by atoms with van der Waals surface area (Å²) in [7, 11) is 3.23. The number of hydrogen-bond acceptors (Lipinski definition) is 8. The number of nitrogens with one attached hydrogen (secondary N) is 1. The summed E-state index contributed by atoms with van der Waals surface area (Å²) in [5.41, 5.74) is 4.01. The summed E-state index contributed by atoms with van der Waals surface area (Å²) in [6, 6.07) is 15.2. The number of benzene rings is 2. The zero-order valence-electron chi connectivity index (χ0n) is 15.7. The van der Waals surface area contributed by atoms with Gasteiger partial charge in [-0.05, 0) is 12.1 Å². The van der Waals surface area contributed by atoms with Gasteiger partial charge in [0.2, 0.25) is 0 Å². The first-order valence-corrected chi connectivity index (χ1v) is 10.4. The molecule has 8 heteroatoms. The highest BCUT2D eigenvalue weighted by atomic mass is 32.1. The Morgan fingerprint density at radius 2 is 1.69 bits per heavy atom. The average Bonchev–Trinajstić information content (AvgIpc) is 3.43. The van der Waals surface area contributed by atoms with Crippen LogP contribution < -0.4 is 14.8 Å². The zero-order valence-corrected chi connectivity index (χ0v) is 17.3. The van der Waals surface area contributed by atoms with Crippen molar-refractivity contribution in [3.63, 3.8) is 0 Å². The number of aromatic nitrogens is 2. The maximum absolute atomic E-state index is 9.08. The van der Waals surface area contributed by atoms with Gasteiger partial charge in [-0.25, -0.2) is 9.97 Å². The maximum atomic E-state index is 9.08. The second kappa shape index (κ2) is 8.31. The number of hydrogen-bond donors (Lipinski definition) is 1. The fraction of sp³-hybridized carbons (Fsp3) is 0.0952. The maximum Gasteiger partial charge on any atom is 0.187 e. The van der Waals surface area contributed by atoms with Crippen LogP contribution in [0.3, 0.4) is 0 Å². The highest BCUT2D eigenvalue weighted by Gasteiger charge is 2.12. The number of anilines is 2. The molecule has 0 aliphatic heterocycles. The minimum absolute atomic E-state index is 0.617. The molecule has 0 amide bonds. The van der Waals surface area contributed by atoms with Crippen LogP contribution in [0.25, 0.3) is 22.0 Å². The molecule has 0 bridgehead atoms. The van der Waals surface area contributed by atoms with Crippen LogP contribution in [-0.2, 0) is 0 Å². The zero-order chi connectivity index (χ0) is 20.2. The fourth-order valence-corrected chi connectivity index (χ4v) is 4.28. The normalized spacial score (nSPS) is 10.4. The lowest BCUT2D eigenvalue weighted by Gasteiger charge is -2.08. The fourth-order valence-electron chi connectivity index (χ4n) is 2.70. The van der Waals surface area contributed by atoms with Gasteiger partial charge in [0.15, 0.2) is 5.13 Å². The van der Waals surface area contributed by atoms with Crippen molar-refractivity contribution in [2.45, 2.75) is 0 Å². The van der Waals surface area contributed by atoms with Crippen LogP contribution in [-0.4, -0.2) is 24.2 Å². The van der Waals surface area contributed by atoms with Gasteiger partial charge in [-0.3, -0.25) is 0 Å². The van der Waals surface area contributed by atoms with Crippen molar-refractivity contribution in [1.82, 2.24) is 9.97 Å². The predicted octanol–water partition coefficient (Wildman–Crippen LogP) is 5.57. The quantitative estimate of drug-likeness (QED) is 0.439. The molecule has 4 aromatic rings. The summed E-state index contributed by atoms with van der Waals surface area (Å²) in [5.74, 6) is 1.40. The van der Waals surface area contributed by atoms with Gasteiger partial charge in [0.1, 0.15) is 22.2 Å². The van der Waals surface area contributed by atoms with E-state index >= 15 is 0 Å². The van der Waals surface area contributed by atoms with E-state index in [1.54, 1.807) is 20.3 Å². The van der Waals surface area contributed by atoms with Gasteiger partial charge in [-0.15, -0.1) is 22.7 Å². The average molecular weight is 421 g/mol. The Labute approximate surface area is 176 Å². The molecule has 0 aliphatic rings. The third-order valence-electron chi connectivity index (χ3n) is 4.12. The van der Waals surface area contributed by atoms with Crippen LogP contribution in [0.1, 0.15) is 5.56 Å². The molecule has 0 spiro atoms. The molecule has 0 radical (unpaired) electrons. The Balaban J connectivity index is 1.56. The summed E-state index contributed by atoms with van der Waals surface area (Å²) >= 11 is 3.02. The first kappa shape index (κ1) is 18.9. The van der Waals surface area contributed by atoms with E-state index in [9.17, 15) is 0 Å². The molecule has 144 valence electrons. The summed E-state index contributed by atoms with van der Waals surface area (Å²) in [4.78, 5) is 9.34. The van der Waals surface area contributed by atoms with Crippen LogP contribution in [0.15, 0.2) is 53.2 Å². The van der Waals surface area contributed by atoms with Gasteiger partial charge in [0.25, 0.3) is 0 Å². The standard InChI is InChI=1S/C21H16N4O2S2/c1-26-16-7-15(8-17(9-16)27-2)23-21-25-19(12-29-21)20-24-18(11-28-20)14-5-3-4-13(6-14)10-22/h3-9,11-12H,1-2H3,(H,23,25). The van der Waals surface area contributed by atoms with Crippen molar-refractivity contribution in [3.05, 3.63) is 58.8 Å². The largest absolute Gasteiger partial charge is 0.497 e. The van der Waals surface area contributed by atoms with Crippen molar-refractivity contribution in [2.24, 2.45) is 0 Å². The van der Waals surface area contributed by atoms with Gasteiger partial charge in [-0.2, -0.15) is 5.26 Å². The summed E-state index contributed by atoms with van der Waals surface area (Å²) < 4.78 is 10.6. The molecular formula is C21H16N4O2S2. The Kier molecular flexibility index (Phi) is 5.42. The second-order valence-electron chi connectivity index (χ2n) is 5.99. The van der Waals surface area contributed by atoms with Gasteiger partial charge < -0.3 is 14.8 Å². The Morgan fingerprint density at radius 1 is 0.931 bits per heavy atom. The lowest BCUT2D eigenvalue weighted by Crippen LogP contribution is -1.93. The van der Waals surface area contributed by atoms with Crippen LogP contribution in [0.5, 0.6) is 11.5 Å². The molecule has 0 saturated carbocycles. The molecule has 0 fully saturated rings. The SMILES string of the molecule is COc1cc(Nc2nc(-c3nc(-c4cccc(C#N)c4)cs3)cs2)cc(OC)c1. The Morgan fingerprint density at radius 3 is 2.41 bits per heavy atom. The van der Waals surface area contributed by atoms with E-state index in [1.165, 1.54) is 22.7 Å². The van der Waals surface area contributed by atoms with Crippen LogP contribution in [0, 0.1) is 11.3 Å². The monoisotopic (exact) mass is 420 g/mol. The topological polar surface area (TPSA) is 80.1 Å². The number of rotatable bonds is 6. The molecule has 2 heterocycles. The van der Waals surface area contributed by atoms with E-state index < -0.39 is 0 Å². The molecule has 0 unspecified atom stereocenters. The number of nitrogens with zero attached hydrogens (tertiary/aromatic N) is 3. The van der Waals surface area contributed by atoms with Crippen LogP contribution in [0.2, 0.25) is 0 Å². The first-order valence-electron chi connectivity index (χ1n) is 8.60. The lowest BCUT2D eigenvalue weighted by molar-refractivity contribution is 0.395. The number of methoxy groups -OCH3 is 2. The van der Waals surface area contributed by atoms with Gasteiger partial charge in [-0.1, -0.05) is 12.1 Å². The molecule has 2 aromatic carbocycles. The second-order valence-corrected chi connectivity index (χ2v) is 7.71. The Bertz CT molecular complexity index is 1170. The molecule has 0 aliphatic carbocycles. The number of nitriles is 1. The molecule has 29 heavy (non-hydrogen) atoms. The van der Waals surface area contributed by atoms with Crippen molar-refractivity contribution in [1.29, 1.82) is 5.26 Å². The number of thiazole rings is 2. The molecule has 0 saturated heterocycles.